The molecule has 0 unspecified atom stereocenters. The van der Waals surface area contributed by atoms with Crippen LogP contribution in [0.3, 0.4) is 0 Å². The summed E-state index contributed by atoms with van der Waals surface area (Å²) in [5.41, 5.74) is 6.37. The molecule has 150 valence electrons. The number of hydrogen-bond acceptors (Lipinski definition) is 3. The van der Waals surface area contributed by atoms with Crippen molar-refractivity contribution in [2.45, 2.75) is 47.1 Å². The number of amides is 1. The Morgan fingerprint density at radius 1 is 0.966 bits per heavy atom. The fourth-order valence-electron chi connectivity index (χ4n) is 3.58. The van der Waals surface area contributed by atoms with Crippen molar-refractivity contribution in [1.82, 2.24) is 9.78 Å². The van der Waals surface area contributed by atoms with Gasteiger partial charge in [0.15, 0.2) is 0 Å². The summed E-state index contributed by atoms with van der Waals surface area (Å²) in [6, 6.07) is 14.5. The lowest BCUT2D eigenvalue weighted by Gasteiger charge is -2.19. The summed E-state index contributed by atoms with van der Waals surface area (Å²) < 4.78 is 1.30. The molecule has 0 radical (unpaired) electrons. The topological polar surface area (TPSA) is 64.0 Å². The number of aryl methyl sites for hydroxylation is 4. The quantitative estimate of drug-likeness (QED) is 0.686. The molecule has 0 aliphatic carbocycles. The predicted molar refractivity (Wildman–Crippen MR) is 117 cm³/mol. The first kappa shape index (κ1) is 20.5. The van der Waals surface area contributed by atoms with Gasteiger partial charge in [0.2, 0.25) is 5.91 Å². The SMILES string of the molecule is CC[C@@H](C(=O)Nc1c(C)cc(C)cc1C)n1nc(-c2ccc(C)cc2)ccc1=O. The molecule has 0 aliphatic heterocycles. The van der Waals surface area contributed by atoms with E-state index in [1.165, 1.54) is 10.7 Å². The van der Waals surface area contributed by atoms with E-state index in [2.05, 4.69) is 10.4 Å². The molecule has 0 saturated carbocycles. The molecule has 29 heavy (non-hydrogen) atoms. The van der Waals surface area contributed by atoms with Gasteiger partial charge in [-0.1, -0.05) is 54.4 Å². The molecule has 0 spiro atoms. The van der Waals surface area contributed by atoms with Crippen LogP contribution in [0.5, 0.6) is 0 Å². The maximum Gasteiger partial charge on any atom is 0.267 e. The average molecular weight is 389 g/mol. The Balaban J connectivity index is 1.95. The Hall–Kier alpha value is -3.21. The van der Waals surface area contributed by atoms with Gasteiger partial charge in [-0.25, -0.2) is 4.68 Å². The first-order chi connectivity index (χ1) is 13.8. The van der Waals surface area contributed by atoms with Crippen molar-refractivity contribution in [2.75, 3.05) is 5.32 Å². The third kappa shape index (κ3) is 4.45. The predicted octanol–water partition coefficient (Wildman–Crippen LogP) is 4.73. The van der Waals surface area contributed by atoms with Gasteiger partial charge in [0.05, 0.1) is 5.69 Å². The van der Waals surface area contributed by atoms with Crippen LogP contribution in [-0.2, 0) is 4.79 Å². The Morgan fingerprint density at radius 3 is 2.17 bits per heavy atom. The second-order valence-corrected chi connectivity index (χ2v) is 7.55. The molecule has 1 aromatic heterocycles. The van der Waals surface area contributed by atoms with Crippen molar-refractivity contribution in [1.29, 1.82) is 0 Å². The molecule has 1 atom stereocenters. The summed E-state index contributed by atoms with van der Waals surface area (Å²) in [6.45, 7) is 9.87. The van der Waals surface area contributed by atoms with E-state index in [1.807, 2.05) is 71.0 Å². The maximum absolute atomic E-state index is 13.1. The number of carbonyl (C=O) groups excluding carboxylic acids is 1. The molecule has 5 heteroatoms. The molecule has 3 rings (SSSR count). The van der Waals surface area contributed by atoms with Crippen molar-refractivity contribution < 1.29 is 4.79 Å². The molecular weight excluding hydrogens is 362 g/mol. The Kier molecular flexibility index (Phi) is 5.97. The highest BCUT2D eigenvalue weighted by Crippen LogP contribution is 2.24. The number of nitrogens with zero attached hydrogens (tertiary/aromatic N) is 2. The van der Waals surface area contributed by atoms with Gasteiger partial charge in [-0.05, 0) is 51.3 Å². The lowest BCUT2D eigenvalue weighted by atomic mass is 10.0. The van der Waals surface area contributed by atoms with Crippen LogP contribution in [0, 0.1) is 27.7 Å². The molecular formula is C24H27N3O2. The average Bonchev–Trinajstić information content (AvgIpc) is 2.67. The molecule has 1 heterocycles. The lowest BCUT2D eigenvalue weighted by molar-refractivity contribution is -0.119. The van der Waals surface area contributed by atoms with E-state index < -0.39 is 6.04 Å². The zero-order valence-electron chi connectivity index (χ0n) is 17.6. The van der Waals surface area contributed by atoms with E-state index in [0.717, 1.165) is 33.5 Å². The second-order valence-electron chi connectivity index (χ2n) is 7.55. The number of hydrogen-bond donors (Lipinski definition) is 1. The van der Waals surface area contributed by atoms with Gasteiger partial charge in [0, 0.05) is 17.3 Å². The van der Waals surface area contributed by atoms with Crippen molar-refractivity contribution in [2.24, 2.45) is 0 Å². The first-order valence-corrected chi connectivity index (χ1v) is 9.85. The number of aromatic nitrogens is 2. The summed E-state index contributed by atoms with van der Waals surface area (Å²) in [6.07, 6.45) is 0.458. The molecule has 5 nitrogen and oxygen atoms in total. The lowest BCUT2D eigenvalue weighted by Crippen LogP contribution is -2.34. The largest absolute Gasteiger partial charge is 0.324 e. The fourth-order valence-corrected chi connectivity index (χ4v) is 3.58. The van der Waals surface area contributed by atoms with E-state index in [0.29, 0.717) is 12.1 Å². The zero-order chi connectivity index (χ0) is 21.1. The molecule has 0 bridgehead atoms. The van der Waals surface area contributed by atoms with Crippen LogP contribution in [0.15, 0.2) is 53.3 Å². The van der Waals surface area contributed by atoms with Crippen LogP contribution in [0.2, 0.25) is 0 Å². The first-order valence-electron chi connectivity index (χ1n) is 9.85. The summed E-state index contributed by atoms with van der Waals surface area (Å²) in [7, 11) is 0. The Bertz CT molecular complexity index is 1070. The monoisotopic (exact) mass is 389 g/mol. The summed E-state index contributed by atoms with van der Waals surface area (Å²) in [4.78, 5) is 25.6. The minimum Gasteiger partial charge on any atom is -0.324 e. The molecule has 0 aliphatic rings. The zero-order valence-corrected chi connectivity index (χ0v) is 17.6. The standard InChI is InChI=1S/C24H27N3O2/c1-6-21(24(29)25-23-17(4)13-16(3)14-18(23)5)27-22(28)12-11-20(26-27)19-9-7-15(2)8-10-19/h7-14,21H,6H2,1-5H3,(H,25,29)/t21-/m0/s1. The van der Waals surface area contributed by atoms with Gasteiger partial charge < -0.3 is 5.32 Å². The molecule has 0 saturated heterocycles. The van der Waals surface area contributed by atoms with E-state index in [-0.39, 0.29) is 11.5 Å². The summed E-state index contributed by atoms with van der Waals surface area (Å²) in [5, 5.41) is 7.52. The summed E-state index contributed by atoms with van der Waals surface area (Å²) >= 11 is 0. The third-order valence-corrected chi connectivity index (χ3v) is 5.08. The van der Waals surface area contributed by atoms with Crippen LogP contribution in [0.4, 0.5) is 5.69 Å². The number of carbonyl (C=O) groups is 1. The van der Waals surface area contributed by atoms with Crippen molar-refractivity contribution in [3.05, 3.63) is 81.1 Å². The van der Waals surface area contributed by atoms with Gasteiger partial charge >= 0.3 is 0 Å². The van der Waals surface area contributed by atoms with Gasteiger partial charge in [0.1, 0.15) is 6.04 Å². The van der Waals surface area contributed by atoms with E-state index in [1.54, 1.807) is 6.07 Å². The minimum atomic E-state index is -0.687. The van der Waals surface area contributed by atoms with Crippen molar-refractivity contribution in [3.8, 4) is 11.3 Å². The highest BCUT2D eigenvalue weighted by Gasteiger charge is 2.22. The van der Waals surface area contributed by atoms with Crippen LogP contribution < -0.4 is 10.9 Å². The number of rotatable bonds is 5. The fraction of sp³-hybridized carbons (Fsp3) is 0.292. The molecule has 3 aromatic rings. The second kappa shape index (κ2) is 8.43. The summed E-state index contributed by atoms with van der Waals surface area (Å²) in [5.74, 6) is -0.238. The van der Waals surface area contributed by atoms with Gasteiger partial charge in [-0.3, -0.25) is 9.59 Å². The van der Waals surface area contributed by atoms with Crippen LogP contribution in [-0.4, -0.2) is 15.7 Å². The van der Waals surface area contributed by atoms with Gasteiger partial charge in [-0.15, -0.1) is 0 Å². The van der Waals surface area contributed by atoms with Crippen LogP contribution in [0.1, 0.15) is 41.6 Å². The van der Waals surface area contributed by atoms with E-state index in [4.69, 9.17) is 0 Å². The number of benzene rings is 2. The Morgan fingerprint density at radius 2 is 1.59 bits per heavy atom. The van der Waals surface area contributed by atoms with Crippen molar-refractivity contribution >= 4 is 11.6 Å². The highest BCUT2D eigenvalue weighted by atomic mass is 16.2. The highest BCUT2D eigenvalue weighted by molar-refractivity contribution is 5.95. The van der Waals surface area contributed by atoms with E-state index >= 15 is 0 Å². The van der Waals surface area contributed by atoms with Crippen molar-refractivity contribution in [3.63, 3.8) is 0 Å². The van der Waals surface area contributed by atoms with Gasteiger partial charge in [0.25, 0.3) is 5.56 Å². The molecule has 1 amide bonds. The minimum absolute atomic E-state index is 0.238. The number of anilines is 1. The van der Waals surface area contributed by atoms with Gasteiger partial charge in [-0.2, -0.15) is 5.10 Å². The number of nitrogens with one attached hydrogen (secondary N) is 1. The van der Waals surface area contributed by atoms with E-state index in [9.17, 15) is 9.59 Å². The van der Waals surface area contributed by atoms with Crippen LogP contribution >= 0.6 is 0 Å². The normalized spacial score (nSPS) is 11.9. The Labute approximate surface area is 171 Å². The molecule has 2 aromatic carbocycles. The third-order valence-electron chi connectivity index (χ3n) is 5.08. The van der Waals surface area contributed by atoms with Crippen LogP contribution in [0.25, 0.3) is 11.3 Å². The smallest absolute Gasteiger partial charge is 0.267 e. The molecule has 0 fully saturated rings. The molecule has 1 N–H and O–H groups in total. The maximum atomic E-state index is 13.1.